The van der Waals surface area contributed by atoms with E-state index in [0.717, 1.165) is 0 Å². The van der Waals surface area contributed by atoms with Gasteiger partial charge >= 0.3 is 0 Å². The predicted octanol–water partition coefficient (Wildman–Crippen LogP) is 5.25. The Balaban J connectivity index is 1.86. The Morgan fingerprint density at radius 1 is 0.864 bits per heavy atom. The summed E-state index contributed by atoms with van der Waals surface area (Å²) in [5.74, 6) is 0.356. The van der Waals surface area contributed by atoms with Crippen molar-refractivity contribution in [3.05, 3.63) is 108 Å². The fourth-order valence-electron chi connectivity index (χ4n) is 3.95. The summed E-state index contributed by atoms with van der Waals surface area (Å²) in [5, 5.41) is 2.59. The minimum Gasteiger partial charge on any atom is -0.0755 e. The molecule has 22 heavy (non-hydrogen) atoms. The molecular weight excluding hydrogens is 264 g/mol. The van der Waals surface area contributed by atoms with Crippen LogP contribution in [0, 0.1) is 11.5 Å². The molecule has 2 atom stereocenters. The molecule has 1 radical (unpaired) electrons. The molecule has 1 spiro atoms. The topological polar surface area (TPSA) is 0 Å². The molecule has 0 saturated carbocycles. The molecule has 3 aliphatic rings. The summed E-state index contributed by atoms with van der Waals surface area (Å²) >= 11 is 0. The van der Waals surface area contributed by atoms with Gasteiger partial charge in [-0.15, -0.1) is 0 Å². The fourth-order valence-corrected chi connectivity index (χ4v) is 3.95. The highest BCUT2D eigenvalue weighted by Gasteiger charge is 2.41. The summed E-state index contributed by atoms with van der Waals surface area (Å²) in [5.41, 5.74) is 3.82. The molecule has 5 rings (SSSR count). The van der Waals surface area contributed by atoms with Gasteiger partial charge in [-0.25, -0.2) is 0 Å². The highest BCUT2D eigenvalue weighted by atomic mass is 14.4. The molecule has 0 nitrogen and oxygen atoms in total. The van der Waals surface area contributed by atoms with Crippen molar-refractivity contribution in [2.45, 2.75) is 5.92 Å². The van der Waals surface area contributed by atoms with Crippen LogP contribution < -0.4 is 0 Å². The number of hydrogen-bond donors (Lipinski definition) is 0. The van der Waals surface area contributed by atoms with Crippen LogP contribution in [-0.4, -0.2) is 0 Å². The van der Waals surface area contributed by atoms with E-state index >= 15 is 0 Å². The summed E-state index contributed by atoms with van der Waals surface area (Å²) in [7, 11) is 0. The minimum atomic E-state index is -0.0566. The molecule has 0 N–H and O–H groups in total. The van der Waals surface area contributed by atoms with E-state index in [4.69, 9.17) is 0 Å². The van der Waals surface area contributed by atoms with Gasteiger partial charge in [0, 0.05) is 11.3 Å². The predicted molar refractivity (Wildman–Crippen MR) is 91.5 cm³/mol. The highest BCUT2D eigenvalue weighted by molar-refractivity contribution is 5.85. The molecule has 0 heterocycles. The van der Waals surface area contributed by atoms with Crippen molar-refractivity contribution in [3.8, 4) is 0 Å². The zero-order valence-corrected chi connectivity index (χ0v) is 12.2. The molecule has 0 bridgehead atoms. The Kier molecular flexibility index (Phi) is 2.29. The normalized spacial score (nSPS) is 27.3. The molecule has 0 fully saturated rings. The van der Waals surface area contributed by atoms with Crippen molar-refractivity contribution in [2.75, 3.05) is 0 Å². The number of fused-ring (bicyclic) bond motifs is 3. The van der Waals surface area contributed by atoms with Crippen molar-refractivity contribution in [1.82, 2.24) is 0 Å². The van der Waals surface area contributed by atoms with Crippen molar-refractivity contribution >= 4 is 10.8 Å². The van der Waals surface area contributed by atoms with E-state index in [2.05, 4.69) is 91.1 Å². The third-order valence-corrected chi connectivity index (χ3v) is 5.04. The smallest absolute Gasteiger partial charge is 0.0428 e. The van der Waals surface area contributed by atoms with Gasteiger partial charge in [0.05, 0.1) is 0 Å². The lowest BCUT2D eigenvalue weighted by Gasteiger charge is -2.42. The van der Waals surface area contributed by atoms with Gasteiger partial charge in [0.15, 0.2) is 0 Å². The van der Waals surface area contributed by atoms with Crippen LogP contribution in [0.2, 0.25) is 0 Å². The van der Waals surface area contributed by atoms with E-state index in [9.17, 15) is 0 Å². The molecule has 0 amide bonds. The van der Waals surface area contributed by atoms with Crippen molar-refractivity contribution in [3.63, 3.8) is 0 Å². The van der Waals surface area contributed by atoms with Crippen LogP contribution in [0.1, 0.15) is 17.0 Å². The Hall–Kier alpha value is -2.60. The largest absolute Gasteiger partial charge is 0.0755 e. The zero-order valence-electron chi connectivity index (χ0n) is 12.2. The van der Waals surface area contributed by atoms with E-state index < -0.39 is 0 Å². The van der Waals surface area contributed by atoms with Crippen molar-refractivity contribution < 1.29 is 0 Å². The summed E-state index contributed by atoms with van der Waals surface area (Å²) < 4.78 is 0. The van der Waals surface area contributed by atoms with Crippen LogP contribution in [0.3, 0.4) is 0 Å². The van der Waals surface area contributed by atoms with E-state index in [1.54, 1.807) is 0 Å². The second-order valence-corrected chi connectivity index (χ2v) is 6.20. The van der Waals surface area contributed by atoms with Crippen LogP contribution >= 0.6 is 0 Å². The van der Waals surface area contributed by atoms with Gasteiger partial charge in [0.1, 0.15) is 0 Å². The average molecular weight is 279 g/mol. The lowest BCUT2D eigenvalue weighted by Crippen LogP contribution is -2.31. The molecule has 2 aromatic rings. The number of allylic oxidation sites excluding steroid dienone is 9. The quantitative estimate of drug-likeness (QED) is 0.617. The second kappa shape index (κ2) is 4.20. The Morgan fingerprint density at radius 2 is 1.64 bits per heavy atom. The maximum absolute atomic E-state index is 3.67. The summed E-state index contributed by atoms with van der Waals surface area (Å²) in [6, 6.07) is 13.2. The second-order valence-electron chi connectivity index (χ2n) is 6.20. The Bertz CT molecular complexity index is 924. The number of hydrogen-bond acceptors (Lipinski definition) is 0. The fraction of sp³-hybridized carbons (Fsp3) is 0.0909. The summed E-state index contributed by atoms with van der Waals surface area (Å²) in [4.78, 5) is 0. The van der Waals surface area contributed by atoms with Crippen LogP contribution in [0.4, 0.5) is 0 Å². The van der Waals surface area contributed by atoms with Gasteiger partial charge in [0.2, 0.25) is 0 Å². The minimum absolute atomic E-state index is 0.0566. The van der Waals surface area contributed by atoms with Crippen LogP contribution in [-0.2, 0) is 0 Å². The van der Waals surface area contributed by atoms with E-state index in [-0.39, 0.29) is 5.41 Å². The van der Waals surface area contributed by atoms with Gasteiger partial charge < -0.3 is 0 Å². The number of rotatable bonds is 0. The lowest BCUT2D eigenvalue weighted by atomic mass is 9.60. The summed E-state index contributed by atoms with van der Waals surface area (Å²) in [6.07, 6.45) is 21.4. The molecule has 0 heteroatoms. The highest BCUT2D eigenvalue weighted by Crippen LogP contribution is 2.53. The molecule has 2 unspecified atom stereocenters. The SMILES string of the molecule is [C]1=C2C=CC=CC23C=CC=CC3c2cc3ccccc3cc21. The van der Waals surface area contributed by atoms with Crippen molar-refractivity contribution in [2.24, 2.45) is 5.41 Å². The summed E-state index contributed by atoms with van der Waals surface area (Å²) in [6.45, 7) is 0. The lowest BCUT2D eigenvalue weighted by molar-refractivity contribution is 0.510. The molecule has 0 saturated heterocycles. The maximum atomic E-state index is 3.67. The van der Waals surface area contributed by atoms with Crippen molar-refractivity contribution in [1.29, 1.82) is 0 Å². The Labute approximate surface area is 130 Å². The first-order valence-electron chi connectivity index (χ1n) is 7.76. The van der Waals surface area contributed by atoms with Gasteiger partial charge in [-0.3, -0.25) is 0 Å². The molecule has 0 aliphatic heterocycles. The Morgan fingerprint density at radius 3 is 2.50 bits per heavy atom. The van der Waals surface area contributed by atoms with Gasteiger partial charge in [-0.05, 0) is 45.7 Å². The van der Waals surface area contributed by atoms with E-state index in [1.807, 2.05) is 0 Å². The molecule has 0 aromatic heterocycles. The third-order valence-electron chi connectivity index (χ3n) is 5.04. The van der Waals surface area contributed by atoms with Crippen LogP contribution in [0.5, 0.6) is 0 Å². The van der Waals surface area contributed by atoms with Gasteiger partial charge in [-0.2, -0.15) is 0 Å². The van der Waals surface area contributed by atoms with Gasteiger partial charge in [0.25, 0.3) is 0 Å². The van der Waals surface area contributed by atoms with E-state index in [0.29, 0.717) is 5.92 Å². The first kappa shape index (κ1) is 12.0. The van der Waals surface area contributed by atoms with Crippen LogP contribution in [0.15, 0.2) is 90.6 Å². The monoisotopic (exact) mass is 279 g/mol. The first-order valence-corrected chi connectivity index (χ1v) is 7.76. The molecule has 3 aliphatic carbocycles. The van der Waals surface area contributed by atoms with Gasteiger partial charge in [-0.1, -0.05) is 72.9 Å². The maximum Gasteiger partial charge on any atom is 0.0428 e. The number of benzene rings is 2. The molecule has 103 valence electrons. The first-order chi connectivity index (χ1) is 10.9. The average Bonchev–Trinajstić information content (AvgIpc) is 2.57. The molecule has 2 aromatic carbocycles. The zero-order chi connectivity index (χ0) is 14.6. The van der Waals surface area contributed by atoms with E-state index in [1.165, 1.54) is 27.5 Å². The standard InChI is InChI=1S/C22H15/c1-2-8-17-15-20-18(13-16(17)7-1)14-19-9-3-5-11-22(19)12-6-4-10-21(20)22/h1-13,15,21H. The van der Waals surface area contributed by atoms with Crippen LogP contribution in [0.25, 0.3) is 10.8 Å². The molecular formula is C22H15. The third kappa shape index (κ3) is 1.47.